The van der Waals surface area contributed by atoms with E-state index in [-0.39, 0.29) is 0 Å². The molecule has 0 saturated heterocycles. The lowest BCUT2D eigenvalue weighted by Crippen LogP contribution is -2.17. The first-order chi connectivity index (χ1) is 4.69. The molecule has 0 aromatic heterocycles. The topological polar surface area (TPSA) is 0 Å². The van der Waals surface area contributed by atoms with E-state index in [1.165, 1.54) is 18.4 Å². The minimum Gasteiger partial charge on any atom is -0.0837 e. The van der Waals surface area contributed by atoms with Crippen LogP contribution >= 0.6 is 0 Å². The highest BCUT2D eigenvalue weighted by molar-refractivity contribution is 5.23. The van der Waals surface area contributed by atoms with Gasteiger partial charge in [0.15, 0.2) is 0 Å². The van der Waals surface area contributed by atoms with E-state index in [1.54, 1.807) is 0 Å². The lowest BCUT2D eigenvalue weighted by molar-refractivity contribution is 0.383. The molecule has 0 nitrogen and oxygen atoms in total. The van der Waals surface area contributed by atoms with Gasteiger partial charge in [-0.25, -0.2) is 0 Å². The Labute approximate surface area is 63.6 Å². The minimum absolute atomic E-state index is 0.453. The molecule has 0 spiro atoms. The van der Waals surface area contributed by atoms with Crippen molar-refractivity contribution >= 4 is 0 Å². The summed E-state index contributed by atoms with van der Waals surface area (Å²) >= 11 is 0. The third-order valence-corrected chi connectivity index (χ3v) is 2.78. The highest BCUT2D eigenvalue weighted by Gasteiger charge is 2.23. The Bertz CT molecular complexity index is 174. The first-order valence-corrected chi connectivity index (χ1v) is 4.03. The van der Waals surface area contributed by atoms with Crippen LogP contribution in [0.25, 0.3) is 0 Å². The van der Waals surface area contributed by atoms with Gasteiger partial charge in [-0.1, -0.05) is 37.6 Å². The van der Waals surface area contributed by atoms with Gasteiger partial charge in [-0.05, 0) is 25.2 Å². The fourth-order valence-electron chi connectivity index (χ4n) is 1.33. The van der Waals surface area contributed by atoms with Crippen LogP contribution in [0.4, 0.5) is 0 Å². The van der Waals surface area contributed by atoms with Crippen molar-refractivity contribution in [1.29, 1.82) is 0 Å². The van der Waals surface area contributed by atoms with Crippen molar-refractivity contribution in [2.75, 3.05) is 0 Å². The molecule has 56 valence electrons. The first-order valence-electron chi connectivity index (χ1n) is 4.03. The summed E-state index contributed by atoms with van der Waals surface area (Å²) in [5, 5.41) is 0. The van der Waals surface area contributed by atoms with Gasteiger partial charge in [0.05, 0.1) is 0 Å². The molecule has 0 bridgehead atoms. The van der Waals surface area contributed by atoms with Gasteiger partial charge in [-0.2, -0.15) is 0 Å². The van der Waals surface area contributed by atoms with Crippen LogP contribution in [0.3, 0.4) is 0 Å². The van der Waals surface area contributed by atoms with E-state index in [9.17, 15) is 0 Å². The highest BCUT2D eigenvalue weighted by atomic mass is 14.3. The maximum absolute atomic E-state index is 2.34. The smallest absolute Gasteiger partial charge is 0.00841 e. The van der Waals surface area contributed by atoms with E-state index in [0.717, 1.165) is 0 Å². The fraction of sp³-hybridized carbons (Fsp3) is 0.600. The predicted molar refractivity (Wildman–Crippen MR) is 45.9 cm³/mol. The Hall–Kier alpha value is -0.520. The van der Waals surface area contributed by atoms with Crippen LogP contribution in [0, 0.1) is 5.41 Å². The van der Waals surface area contributed by atoms with Gasteiger partial charge in [0.2, 0.25) is 0 Å². The van der Waals surface area contributed by atoms with E-state index < -0.39 is 0 Å². The average Bonchev–Trinajstić information content (AvgIpc) is 1.96. The number of rotatable bonds is 1. The molecule has 0 aromatic rings. The summed E-state index contributed by atoms with van der Waals surface area (Å²) in [5.74, 6) is 0. The van der Waals surface area contributed by atoms with Gasteiger partial charge < -0.3 is 0 Å². The molecule has 0 aromatic carbocycles. The van der Waals surface area contributed by atoms with E-state index in [1.807, 2.05) is 0 Å². The molecule has 10 heavy (non-hydrogen) atoms. The van der Waals surface area contributed by atoms with Crippen LogP contribution in [0.5, 0.6) is 0 Å². The Morgan fingerprint density at radius 3 is 2.70 bits per heavy atom. The van der Waals surface area contributed by atoms with Crippen LogP contribution in [-0.2, 0) is 0 Å². The van der Waals surface area contributed by atoms with Crippen molar-refractivity contribution in [2.45, 2.75) is 33.6 Å². The third kappa shape index (κ3) is 1.16. The largest absolute Gasteiger partial charge is 0.0837 e. The van der Waals surface area contributed by atoms with Gasteiger partial charge in [0, 0.05) is 0 Å². The molecule has 1 atom stereocenters. The molecular weight excluding hydrogens is 120 g/mol. The minimum atomic E-state index is 0.453. The molecule has 1 aliphatic rings. The Morgan fingerprint density at radius 1 is 1.60 bits per heavy atom. The van der Waals surface area contributed by atoms with Gasteiger partial charge in [0.25, 0.3) is 0 Å². The standard InChI is InChI=1S/C10H16/c1-4-10(3)8-6-5-7-9(10)2/h5-7H,4,8H2,1-3H3. The van der Waals surface area contributed by atoms with Crippen LogP contribution in [0.15, 0.2) is 23.8 Å². The Kier molecular flexibility index (Phi) is 1.98. The fourth-order valence-corrected chi connectivity index (χ4v) is 1.33. The maximum atomic E-state index is 2.34. The second-order valence-corrected chi connectivity index (χ2v) is 3.40. The molecule has 1 unspecified atom stereocenters. The van der Waals surface area contributed by atoms with Gasteiger partial charge in [-0.3, -0.25) is 0 Å². The number of allylic oxidation sites excluding steroid dienone is 4. The molecule has 0 radical (unpaired) electrons. The summed E-state index contributed by atoms with van der Waals surface area (Å²) in [5.41, 5.74) is 1.98. The lowest BCUT2D eigenvalue weighted by atomic mass is 9.75. The SMILES string of the molecule is CCC1(C)CC=CC=C1C. The van der Waals surface area contributed by atoms with E-state index in [0.29, 0.717) is 5.41 Å². The summed E-state index contributed by atoms with van der Waals surface area (Å²) < 4.78 is 0. The van der Waals surface area contributed by atoms with Gasteiger partial charge >= 0.3 is 0 Å². The molecule has 0 heterocycles. The van der Waals surface area contributed by atoms with Crippen LogP contribution in [0.2, 0.25) is 0 Å². The summed E-state index contributed by atoms with van der Waals surface area (Å²) in [4.78, 5) is 0. The highest BCUT2D eigenvalue weighted by Crippen LogP contribution is 2.36. The molecule has 0 heteroatoms. The van der Waals surface area contributed by atoms with Crippen molar-refractivity contribution in [3.63, 3.8) is 0 Å². The number of hydrogen-bond acceptors (Lipinski definition) is 0. The van der Waals surface area contributed by atoms with Gasteiger partial charge in [-0.15, -0.1) is 0 Å². The average molecular weight is 136 g/mol. The normalized spacial score (nSPS) is 32.1. The second kappa shape index (κ2) is 2.61. The van der Waals surface area contributed by atoms with Crippen molar-refractivity contribution in [1.82, 2.24) is 0 Å². The van der Waals surface area contributed by atoms with Crippen molar-refractivity contribution in [3.8, 4) is 0 Å². The summed E-state index contributed by atoms with van der Waals surface area (Å²) in [6.07, 6.45) is 9.11. The summed E-state index contributed by atoms with van der Waals surface area (Å²) in [7, 11) is 0. The Morgan fingerprint density at radius 2 is 2.30 bits per heavy atom. The van der Waals surface area contributed by atoms with Crippen molar-refractivity contribution < 1.29 is 0 Å². The molecule has 0 saturated carbocycles. The van der Waals surface area contributed by atoms with E-state index >= 15 is 0 Å². The van der Waals surface area contributed by atoms with Crippen LogP contribution in [0.1, 0.15) is 33.6 Å². The zero-order valence-corrected chi connectivity index (χ0v) is 7.15. The predicted octanol–water partition coefficient (Wildman–Crippen LogP) is 3.31. The molecule has 0 fully saturated rings. The molecule has 1 rings (SSSR count). The monoisotopic (exact) mass is 136 g/mol. The molecule has 0 N–H and O–H groups in total. The van der Waals surface area contributed by atoms with Crippen molar-refractivity contribution in [2.24, 2.45) is 5.41 Å². The third-order valence-electron chi connectivity index (χ3n) is 2.78. The van der Waals surface area contributed by atoms with Crippen LogP contribution in [-0.4, -0.2) is 0 Å². The molecule has 0 aliphatic heterocycles. The molecule has 1 aliphatic carbocycles. The first kappa shape index (κ1) is 7.59. The molecular formula is C10H16. The van der Waals surface area contributed by atoms with Crippen molar-refractivity contribution in [3.05, 3.63) is 23.8 Å². The number of hydrogen-bond donors (Lipinski definition) is 0. The van der Waals surface area contributed by atoms with E-state index in [4.69, 9.17) is 0 Å². The quantitative estimate of drug-likeness (QED) is 0.518. The summed E-state index contributed by atoms with van der Waals surface area (Å²) in [6, 6.07) is 0. The zero-order chi connectivity index (χ0) is 7.61. The van der Waals surface area contributed by atoms with Gasteiger partial charge in [0.1, 0.15) is 0 Å². The summed E-state index contributed by atoms with van der Waals surface area (Å²) in [6.45, 7) is 6.83. The zero-order valence-electron chi connectivity index (χ0n) is 7.15. The van der Waals surface area contributed by atoms with Crippen LogP contribution < -0.4 is 0 Å². The molecule has 0 amide bonds. The Balaban J connectivity index is 2.81. The second-order valence-electron chi connectivity index (χ2n) is 3.40. The lowest BCUT2D eigenvalue weighted by Gasteiger charge is -2.30. The maximum Gasteiger partial charge on any atom is -0.00841 e. The van der Waals surface area contributed by atoms with E-state index in [2.05, 4.69) is 39.0 Å².